The Morgan fingerprint density at radius 1 is 0.971 bits per heavy atom. The van der Waals surface area contributed by atoms with Gasteiger partial charge in [0.15, 0.2) is 0 Å². The Morgan fingerprint density at radius 3 is 2.51 bits per heavy atom. The molecule has 2 heterocycles. The van der Waals surface area contributed by atoms with Gasteiger partial charge < -0.3 is 5.32 Å². The third kappa shape index (κ3) is 4.82. The normalized spacial score (nSPS) is 11.0. The van der Waals surface area contributed by atoms with E-state index < -0.39 is 0 Å². The monoisotopic (exact) mass is 464 g/mol. The highest BCUT2D eigenvalue weighted by Crippen LogP contribution is 2.28. The van der Waals surface area contributed by atoms with E-state index in [0.29, 0.717) is 17.8 Å². The summed E-state index contributed by atoms with van der Waals surface area (Å²) in [4.78, 5) is 18.0. The van der Waals surface area contributed by atoms with Crippen LogP contribution < -0.4 is 5.32 Å². The van der Waals surface area contributed by atoms with Gasteiger partial charge in [-0.1, -0.05) is 48.5 Å². The van der Waals surface area contributed by atoms with Crippen molar-refractivity contribution in [2.45, 2.75) is 19.8 Å². The number of benzene rings is 3. The zero-order valence-corrected chi connectivity index (χ0v) is 19.4. The first-order chi connectivity index (χ1) is 17.1. The standard InChI is InChI=1S/C29H25FN4O/c1-20-26(19-32-34(20)23-15-13-22(30)14-16-23)28-18-25(24-11-5-6-12-27(24)33-28)29(35)31-17-7-10-21-8-3-2-4-9-21/h2-6,8-9,11-16,18-19H,7,10,17H2,1H3,(H,31,35). The largest absolute Gasteiger partial charge is 0.352 e. The fraction of sp³-hybridized carbons (Fsp3) is 0.138. The second-order valence-electron chi connectivity index (χ2n) is 8.45. The van der Waals surface area contributed by atoms with Crippen LogP contribution in [0.4, 0.5) is 4.39 Å². The highest BCUT2D eigenvalue weighted by atomic mass is 19.1. The number of rotatable bonds is 7. The number of carbonyl (C=O) groups is 1. The average Bonchev–Trinajstić information content (AvgIpc) is 3.28. The van der Waals surface area contributed by atoms with Gasteiger partial charge in [0.05, 0.1) is 34.4 Å². The molecule has 0 spiro atoms. The van der Waals surface area contributed by atoms with E-state index in [1.807, 2.05) is 55.5 Å². The van der Waals surface area contributed by atoms with Crippen molar-refractivity contribution in [2.75, 3.05) is 6.54 Å². The number of hydrogen-bond donors (Lipinski definition) is 1. The van der Waals surface area contributed by atoms with Crippen molar-refractivity contribution in [3.63, 3.8) is 0 Å². The Bertz CT molecular complexity index is 1480. The van der Waals surface area contributed by atoms with Crippen LogP contribution in [-0.4, -0.2) is 27.2 Å². The molecule has 0 unspecified atom stereocenters. The summed E-state index contributed by atoms with van der Waals surface area (Å²) in [5.74, 6) is -0.420. The lowest BCUT2D eigenvalue weighted by Gasteiger charge is -2.11. The number of halogens is 1. The lowest BCUT2D eigenvalue weighted by atomic mass is 10.0. The lowest BCUT2D eigenvalue weighted by molar-refractivity contribution is 0.0955. The molecule has 6 heteroatoms. The van der Waals surface area contributed by atoms with Crippen LogP contribution >= 0.6 is 0 Å². The van der Waals surface area contributed by atoms with Crippen molar-refractivity contribution < 1.29 is 9.18 Å². The van der Waals surface area contributed by atoms with Crippen molar-refractivity contribution in [1.82, 2.24) is 20.1 Å². The van der Waals surface area contributed by atoms with Crippen LogP contribution in [0.15, 0.2) is 91.1 Å². The smallest absolute Gasteiger partial charge is 0.252 e. The first kappa shape index (κ1) is 22.5. The first-order valence-corrected chi connectivity index (χ1v) is 11.6. The summed E-state index contributed by atoms with van der Waals surface area (Å²) in [6, 6.07) is 25.9. The van der Waals surface area contributed by atoms with Crippen molar-refractivity contribution >= 4 is 16.8 Å². The fourth-order valence-electron chi connectivity index (χ4n) is 4.24. The predicted octanol–water partition coefficient (Wildman–Crippen LogP) is 5.90. The average molecular weight is 465 g/mol. The van der Waals surface area contributed by atoms with Crippen molar-refractivity contribution in [2.24, 2.45) is 0 Å². The maximum Gasteiger partial charge on any atom is 0.252 e. The zero-order chi connectivity index (χ0) is 24.2. The highest BCUT2D eigenvalue weighted by molar-refractivity contribution is 6.07. The Morgan fingerprint density at radius 2 is 1.71 bits per heavy atom. The van der Waals surface area contributed by atoms with Crippen LogP contribution in [-0.2, 0) is 6.42 Å². The molecule has 1 N–H and O–H groups in total. The molecule has 0 fully saturated rings. The molecule has 0 aliphatic rings. The molecule has 0 saturated heterocycles. The van der Waals surface area contributed by atoms with E-state index >= 15 is 0 Å². The van der Waals surface area contributed by atoms with E-state index in [9.17, 15) is 9.18 Å². The van der Waals surface area contributed by atoms with E-state index in [1.165, 1.54) is 17.7 Å². The number of aryl methyl sites for hydroxylation is 1. The fourth-order valence-corrected chi connectivity index (χ4v) is 4.24. The van der Waals surface area contributed by atoms with Gasteiger partial charge >= 0.3 is 0 Å². The molecular weight excluding hydrogens is 439 g/mol. The summed E-state index contributed by atoms with van der Waals surface area (Å²) in [6.07, 6.45) is 3.50. The van der Waals surface area contributed by atoms with Gasteiger partial charge in [0.25, 0.3) is 5.91 Å². The Hall–Kier alpha value is -4.32. The van der Waals surface area contributed by atoms with Gasteiger partial charge in [-0.2, -0.15) is 5.10 Å². The number of para-hydroxylation sites is 1. The van der Waals surface area contributed by atoms with Crippen LogP contribution in [0.5, 0.6) is 0 Å². The summed E-state index contributed by atoms with van der Waals surface area (Å²) >= 11 is 0. The molecule has 5 nitrogen and oxygen atoms in total. The Balaban J connectivity index is 1.42. The van der Waals surface area contributed by atoms with Gasteiger partial charge in [0, 0.05) is 17.5 Å². The van der Waals surface area contributed by atoms with E-state index in [1.54, 1.807) is 23.0 Å². The Labute approximate surface area is 203 Å². The second-order valence-corrected chi connectivity index (χ2v) is 8.45. The van der Waals surface area contributed by atoms with Crippen LogP contribution in [0, 0.1) is 12.7 Å². The van der Waals surface area contributed by atoms with Gasteiger partial charge in [-0.25, -0.2) is 14.1 Å². The van der Waals surface area contributed by atoms with E-state index in [-0.39, 0.29) is 11.7 Å². The first-order valence-electron chi connectivity index (χ1n) is 11.6. The molecule has 3 aromatic carbocycles. The minimum Gasteiger partial charge on any atom is -0.352 e. The molecule has 0 saturated carbocycles. The number of pyridine rings is 1. The zero-order valence-electron chi connectivity index (χ0n) is 19.4. The predicted molar refractivity (Wildman–Crippen MR) is 136 cm³/mol. The number of hydrogen-bond acceptors (Lipinski definition) is 3. The summed E-state index contributed by atoms with van der Waals surface area (Å²) in [7, 11) is 0. The molecule has 35 heavy (non-hydrogen) atoms. The van der Waals surface area contributed by atoms with Crippen molar-refractivity contribution in [3.05, 3.63) is 114 Å². The highest BCUT2D eigenvalue weighted by Gasteiger charge is 2.17. The summed E-state index contributed by atoms with van der Waals surface area (Å²) < 4.78 is 15.1. The molecule has 0 atom stereocenters. The molecule has 0 aliphatic heterocycles. The van der Waals surface area contributed by atoms with Crippen molar-refractivity contribution in [1.29, 1.82) is 0 Å². The SMILES string of the molecule is Cc1c(-c2cc(C(=O)NCCCc3ccccc3)c3ccccc3n2)cnn1-c1ccc(F)cc1. The molecule has 1 amide bonds. The minimum absolute atomic E-state index is 0.124. The molecule has 0 radical (unpaired) electrons. The van der Waals surface area contributed by atoms with E-state index in [2.05, 4.69) is 22.5 Å². The maximum absolute atomic E-state index is 13.4. The van der Waals surface area contributed by atoms with Crippen LogP contribution in [0.1, 0.15) is 28.0 Å². The van der Waals surface area contributed by atoms with Crippen LogP contribution in [0.3, 0.4) is 0 Å². The van der Waals surface area contributed by atoms with Gasteiger partial charge in [-0.15, -0.1) is 0 Å². The van der Waals surface area contributed by atoms with Gasteiger partial charge in [-0.3, -0.25) is 4.79 Å². The van der Waals surface area contributed by atoms with Gasteiger partial charge in [0.2, 0.25) is 0 Å². The number of amides is 1. The quantitative estimate of drug-likeness (QED) is 0.305. The molecule has 5 aromatic rings. The third-order valence-corrected chi connectivity index (χ3v) is 6.09. The molecule has 2 aromatic heterocycles. The minimum atomic E-state index is -0.297. The maximum atomic E-state index is 13.4. The number of nitrogens with zero attached hydrogens (tertiary/aromatic N) is 3. The van der Waals surface area contributed by atoms with E-state index in [4.69, 9.17) is 4.98 Å². The summed E-state index contributed by atoms with van der Waals surface area (Å²) in [5.41, 5.74) is 5.68. The van der Waals surface area contributed by atoms with Gasteiger partial charge in [0.1, 0.15) is 5.82 Å². The Kier molecular flexibility index (Phi) is 6.35. The van der Waals surface area contributed by atoms with Gasteiger partial charge in [-0.05, 0) is 61.7 Å². The number of fused-ring (bicyclic) bond motifs is 1. The number of aromatic nitrogens is 3. The van der Waals surface area contributed by atoms with E-state index in [0.717, 1.165) is 40.7 Å². The topological polar surface area (TPSA) is 59.8 Å². The molecule has 0 aliphatic carbocycles. The summed E-state index contributed by atoms with van der Waals surface area (Å²) in [6.45, 7) is 2.52. The molecule has 5 rings (SSSR count). The van der Waals surface area contributed by atoms with Crippen molar-refractivity contribution in [3.8, 4) is 16.9 Å². The van der Waals surface area contributed by atoms with Crippen LogP contribution in [0.2, 0.25) is 0 Å². The third-order valence-electron chi connectivity index (χ3n) is 6.09. The lowest BCUT2D eigenvalue weighted by Crippen LogP contribution is -2.25. The number of carbonyl (C=O) groups excluding carboxylic acids is 1. The molecule has 0 bridgehead atoms. The second kappa shape index (κ2) is 9.89. The van der Waals surface area contributed by atoms with Crippen LogP contribution in [0.25, 0.3) is 27.8 Å². The number of nitrogens with one attached hydrogen (secondary N) is 1. The summed E-state index contributed by atoms with van der Waals surface area (Å²) in [5, 5.41) is 8.36. The molecule has 174 valence electrons. The molecular formula is C29H25FN4O.